The van der Waals surface area contributed by atoms with E-state index >= 15 is 0 Å². The molecule has 0 saturated carbocycles. The van der Waals surface area contributed by atoms with Gasteiger partial charge in [-0.1, -0.05) is 0 Å². The van der Waals surface area contributed by atoms with Gasteiger partial charge in [-0.2, -0.15) is 0 Å². The lowest BCUT2D eigenvalue weighted by atomic mass is 10.1. The molecular weight excluding hydrogens is 220 g/mol. The fourth-order valence-electron chi connectivity index (χ4n) is 1.60. The number of aromatic nitrogens is 2. The van der Waals surface area contributed by atoms with Crippen molar-refractivity contribution in [2.75, 3.05) is 0 Å². The van der Waals surface area contributed by atoms with Crippen molar-refractivity contribution in [1.29, 1.82) is 0 Å². The lowest BCUT2D eigenvalue weighted by Gasteiger charge is -2.00. The van der Waals surface area contributed by atoms with Gasteiger partial charge in [-0.15, -0.1) is 0 Å². The number of pyridine rings is 2. The van der Waals surface area contributed by atoms with E-state index in [4.69, 9.17) is 4.74 Å². The molecule has 0 unspecified atom stereocenters. The molecule has 3 rings (SSSR count). The highest BCUT2D eigenvalue weighted by molar-refractivity contribution is 6.03. The zero-order valence-corrected chi connectivity index (χ0v) is 8.58. The van der Waals surface area contributed by atoms with Gasteiger partial charge in [0.1, 0.15) is 0 Å². The SMILES string of the molecule is O=C1OC(=O)c2ccnc(c2)-c2cc1ccn2. The first-order chi connectivity index (χ1) is 8.24. The van der Waals surface area contributed by atoms with Crippen LogP contribution in [0.2, 0.25) is 0 Å². The van der Waals surface area contributed by atoms with Crippen LogP contribution < -0.4 is 0 Å². The monoisotopic (exact) mass is 226 g/mol. The highest BCUT2D eigenvalue weighted by Gasteiger charge is 2.19. The summed E-state index contributed by atoms with van der Waals surface area (Å²) in [5, 5.41) is 0. The van der Waals surface area contributed by atoms with Gasteiger partial charge < -0.3 is 4.74 Å². The molecule has 2 aromatic rings. The van der Waals surface area contributed by atoms with Crippen molar-refractivity contribution >= 4 is 11.9 Å². The second-order valence-corrected chi connectivity index (χ2v) is 3.54. The van der Waals surface area contributed by atoms with Gasteiger partial charge in [0.05, 0.1) is 22.5 Å². The summed E-state index contributed by atoms with van der Waals surface area (Å²) in [4.78, 5) is 31.4. The molecular formula is C12H6N2O3. The van der Waals surface area contributed by atoms with Gasteiger partial charge in [-0.25, -0.2) is 9.59 Å². The molecule has 0 radical (unpaired) electrons. The van der Waals surface area contributed by atoms with E-state index in [1.165, 1.54) is 24.5 Å². The quantitative estimate of drug-likeness (QED) is 0.502. The number of hydrogen-bond acceptors (Lipinski definition) is 5. The van der Waals surface area contributed by atoms with E-state index in [1.807, 2.05) is 0 Å². The van der Waals surface area contributed by atoms with Gasteiger partial charge in [0.2, 0.25) is 0 Å². The van der Waals surface area contributed by atoms with Crippen LogP contribution in [0, 0.1) is 0 Å². The standard InChI is InChI=1S/C12H6N2O3/c15-11-7-1-3-13-9(5-7)10-6-8(2-4-14-10)12(16)17-11/h1-6H. The normalized spacial score (nSPS) is 13.4. The van der Waals surface area contributed by atoms with Crippen LogP contribution in [-0.4, -0.2) is 21.9 Å². The first kappa shape index (κ1) is 9.65. The fourth-order valence-corrected chi connectivity index (χ4v) is 1.60. The summed E-state index contributed by atoms with van der Waals surface area (Å²) in [5.41, 5.74) is 1.65. The molecule has 1 aliphatic heterocycles. The molecule has 0 atom stereocenters. The summed E-state index contributed by atoms with van der Waals surface area (Å²) in [6, 6.07) is 6.08. The van der Waals surface area contributed by atoms with Crippen LogP contribution in [0.5, 0.6) is 0 Å². The van der Waals surface area contributed by atoms with Crippen LogP contribution >= 0.6 is 0 Å². The maximum absolute atomic E-state index is 11.6. The van der Waals surface area contributed by atoms with E-state index in [0.717, 1.165) is 0 Å². The number of hydrogen-bond donors (Lipinski definition) is 0. The van der Waals surface area contributed by atoms with Crippen LogP contribution in [0.1, 0.15) is 20.7 Å². The van der Waals surface area contributed by atoms with Crippen molar-refractivity contribution in [3.63, 3.8) is 0 Å². The summed E-state index contributed by atoms with van der Waals surface area (Å²) in [7, 11) is 0. The zero-order chi connectivity index (χ0) is 11.8. The van der Waals surface area contributed by atoms with Crippen LogP contribution in [0.25, 0.3) is 11.4 Å². The van der Waals surface area contributed by atoms with Gasteiger partial charge in [0.25, 0.3) is 0 Å². The van der Waals surface area contributed by atoms with Crippen molar-refractivity contribution < 1.29 is 14.3 Å². The second-order valence-electron chi connectivity index (χ2n) is 3.54. The predicted octanol–water partition coefficient (Wildman–Crippen LogP) is 1.45. The minimum absolute atomic E-state index is 0.285. The first-order valence-electron chi connectivity index (χ1n) is 4.93. The van der Waals surface area contributed by atoms with Gasteiger partial charge in [0.15, 0.2) is 0 Å². The Morgan fingerprint density at radius 2 is 1.29 bits per heavy atom. The molecule has 82 valence electrons. The third-order valence-electron chi connectivity index (χ3n) is 2.44. The average molecular weight is 226 g/mol. The Morgan fingerprint density at radius 3 is 1.76 bits per heavy atom. The third-order valence-corrected chi connectivity index (χ3v) is 2.44. The lowest BCUT2D eigenvalue weighted by molar-refractivity contribution is 0.0398. The fraction of sp³-hybridized carbons (Fsp3) is 0. The minimum Gasteiger partial charge on any atom is -0.386 e. The van der Waals surface area contributed by atoms with Crippen molar-refractivity contribution in [1.82, 2.24) is 9.97 Å². The molecule has 0 spiro atoms. The average Bonchev–Trinajstić information content (AvgIpc) is 2.40. The first-order valence-corrected chi connectivity index (χ1v) is 4.93. The Labute approximate surface area is 96.1 Å². The smallest absolute Gasteiger partial charge is 0.346 e. The molecule has 2 aromatic heterocycles. The Morgan fingerprint density at radius 1 is 0.824 bits per heavy atom. The van der Waals surface area contributed by atoms with Crippen molar-refractivity contribution in [2.45, 2.75) is 0 Å². The highest BCUT2D eigenvalue weighted by Crippen LogP contribution is 2.20. The van der Waals surface area contributed by atoms with E-state index in [2.05, 4.69) is 9.97 Å². The molecule has 5 heteroatoms. The van der Waals surface area contributed by atoms with Gasteiger partial charge in [-0.3, -0.25) is 9.97 Å². The van der Waals surface area contributed by atoms with E-state index in [1.54, 1.807) is 12.1 Å². The third kappa shape index (κ3) is 1.57. The summed E-state index contributed by atoms with van der Waals surface area (Å²) in [6.45, 7) is 0. The molecule has 5 nitrogen and oxygen atoms in total. The molecule has 0 saturated heterocycles. The van der Waals surface area contributed by atoms with Crippen LogP contribution in [0.4, 0.5) is 0 Å². The Kier molecular flexibility index (Phi) is 1.98. The number of esters is 2. The number of cyclic esters (lactones) is 2. The van der Waals surface area contributed by atoms with Crippen LogP contribution in [0.15, 0.2) is 36.7 Å². The van der Waals surface area contributed by atoms with Crippen molar-refractivity contribution in [3.05, 3.63) is 47.8 Å². The predicted molar refractivity (Wildman–Crippen MR) is 57.2 cm³/mol. The van der Waals surface area contributed by atoms with Crippen LogP contribution in [-0.2, 0) is 4.74 Å². The molecule has 0 amide bonds. The summed E-state index contributed by atoms with van der Waals surface area (Å²) in [5.74, 6) is -1.36. The second kappa shape index (κ2) is 3.48. The van der Waals surface area contributed by atoms with Crippen molar-refractivity contribution in [2.24, 2.45) is 0 Å². The molecule has 0 fully saturated rings. The maximum Gasteiger partial charge on any atom is 0.346 e. The van der Waals surface area contributed by atoms with Gasteiger partial charge >= 0.3 is 11.9 Å². The topological polar surface area (TPSA) is 69.2 Å². The largest absolute Gasteiger partial charge is 0.386 e. The van der Waals surface area contributed by atoms with E-state index in [-0.39, 0.29) is 11.1 Å². The highest BCUT2D eigenvalue weighted by atomic mass is 16.6. The Bertz CT molecular complexity index is 582. The van der Waals surface area contributed by atoms with E-state index < -0.39 is 11.9 Å². The van der Waals surface area contributed by atoms with Gasteiger partial charge in [0, 0.05) is 12.4 Å². The molecule has 1 aliphatic rings. The number of carbonyl (C=O) groups excluding carboxylic acids is 2. The van der Waals surface area contributed by atoms with Crippen LogP contribution in [0.3, 0.4) is 0 Å². The minimum atomic E-state index is -0.680. The van der Waals surface area contributed by atoms with E-state index in [0.29, 0.717) is 11.4 Å². The number of rotatable bonds is 0. The van der Waals surface area contributed by atoms with Crippen molar-refractivity contribution in [3.8, 4) is 11.4 Å². The molecule has 3 heterocycles. The molecule has 0 aliphatic carbocycles. The maximum atomic E-state index is 11.6. The molecule has 0 N–H and O–H groups in total. The Balaban J connectivity index is 2.30. The lowest BCUT2D eigenvalue weighted by Crippen LogP contribution is -2.12. The molecule has 0 aromatic carbocycles. The number of fused-ring (bicyclic) bond motifs is 5. The molecule has 17 heavy (non-hydrogen) atoms. The summed E-state index contributed by atoms with van der Waals surface area (Å²) in [6.07, 6.45) is 2.96. The number of carbonyl (C=O) groups is 2. The summed E-state index contributed by atoms with van der Waals surface area (Å²) < 4.78 is 4.72. The number of nitrogens with zero attached hydrogens (tertiary/aromatic N) is 2. The zero-order valence-electron chi connectivity index (χ0n) is 8.58. The Hall–Kier alpha value is -2.56. The molecule has 4 bridgehead atoms. The van der Waals surface area contributed by atoms with Gasteiger partial charge in [-0.05, 0) is 24.3 Å². The van der Waals surface area contributed by atoms with E-state index in [9.17, 15) is 9.59 Å². The number of ether oxygens (including phenoxy) is 1. The summed E-state index contributed by atoms with van der Waals surface area (Å²) >= 11 is 0.